The summed E-state index contributed by atoms with van der Waals surface area (Å²) >= 11 is 7.16. The molecule has 1 amide bonds. The quantitative estimate of drug-likeness (QED) is 0.625. The van der Waals surface area contributed by atoms with Gasteiger partial charge in [0.1, 0.15) is 17.5 Å². The summed E-state index contributed by atoms with van der Waals surface area (Å²) in [7, 11) is 1.55. The number of hydrogen-bond acceptors (Lipinski definition) is 3. The second-order valence-corrected chi connectivity index (χ2v) is 7.61. The van der Waals surface area contributed by atoms with E-state index in [9.17, 15) is 18.4 Å². The summed E-state index contributed by atoms with van der Waals surface area (Å²) in [5.74, 6) is -1.58. The monoisotopic (exact) mass is 406 g/mol. The Morgan fingerprint density at radius 1 is 1.11 bits per heavy atom. The smallest absolute Gasteiger partial charge is 0.288 e. The molecule has 1 aliphatic heterocycles. The fourth-order valence-electron chi connectivity index (χ4n) is 3.36. The van der Waals surface area contributed by atoms with Crippen LogP contribution in [0, 0.1) is 11.6 Å². The summed E-state index contributed by atoms with van der Waals surface area (Å²) in [6.45, 7) is 0. The van der Waals surface area contributed by atoms with E-state index in [2.05, 4.69) is 0 Å². The van der Waals surface area contributed by atoms with E-state index in [1.807, 2.05) is 0 Å². The van der Waals surface area contributed by atoms with Gasteiger partial charge in [-0.2, -0.15) is 0 Å². The van der Waals surface area contributed by atoms with Crippen LogP contribution in [-0.2, 0) is 11.8 Å². The van der Waals surface area contributed by atoms with E-state index in [1.165, 1.54) is 45.9 Å². The average Bonchev–Trinajstić information content (AvgIpc) is 2.92. The number of thiazole rings is 1. The molecule has 4 nitrogen and oxygen atoms in total. The van der Waals surface area contributed by atoms with Gasteiger partial charge >= 0.3 is 4.87 Å². The van der Waals surface area contributed by atoms with Crippen molar-refractivity contribution in [1.29, 1.82) is 0 Å². The third kappa shape index (κ3) is 2.87. The molecule has 1 aliphatic rings. The van der Waals surface area contributed by atoms with Gasteiger partial charge in [0, 0.05) is 30.0 Å². The van der Waals surface area contributed by atoms with Crippen LogP contribution in [0.15, 0.2) is 47.3 Å². The van der Waals surface area contributed by atoms with Crippen molar-refractivity contribution < 1.29 is 13.6 Å². The Morgan fingerprint density at radius 2 is 1.81 bits per heavy atom. The largest absolute Gasteiger partial charge is 0.308 e. The highest BCUT2D eigenvalue weighted by Gasteiger charge is 2.39. The molecule has 0 fully saturated rings. The summed E-state index contributed by atoms with van der Waals surface area (Å²) in [6.07, 6.45) is -0.0506. The predicted octanol–water partition coefficient (Wildman–Crippen LogP) is 4.58. The third-order valence-corrected chi connectivity index (χ3v) is 6.06. The maximum Gasteiger partial charge on any atom is 0.308 e. The molecule has 3 aromatic rings. The Kier molecular flexibility index (Phi) is 4.36. The maximum atomic E-state index is 14.5. The predicted molar refractivity (Wildman–Crippen MR) is 101 cm³/mol. The fraction of sp³-hybridized carbons (Fsp3) is 0.158. The lowest BCUT2D eigenvalue weighted by Crippen LogP contribution is -2.35. The zero-order valence-corrected chi connectivity index (χ0v) is 15.7. The number of fused-ring (bicyclic) bond motifs is 1. The minimum atomic E-state index is -0.656. The summed E-state index contributed by atoms with van der Waals surface area (Å²) in [6, 6.07) is 9.75. The molecule has 1 atom stereocenters. The normalized spacial score (nSPS) is 16.5. The van der Waals surface area contributed by atoms with Crippen LogP contribution in [0.4, 0.5) is 20.3 Å². The standard InChI is InChI=1S/C19H13ClF2N2O2S/c1-23-18-17(27-19(23)26)12(16-13(20)3-2-4-14(16)22)9-15(25)24(18)11-7-5-10(21)6-8-11/h2-8,12H,9H2,1H3. The van der Waals surface area contributed by atoms with Gasteiger partial charge in [0.15, 0.2) is 0 Å². The Labute approximate surface area is 162 Å². The van der Waals surface area contributed by atoms with Crippen molar-refractivity contribution >= 4 is 40.4 Å². The number of rotatable bonds is 2. The average molecular weight is 407 g/mol. The molecule has 0 aliphatic carbocycles. The molecular formula is C19H13ClF2N2O2S. The maximum absolute atomic E-state index is 14.5. The van der Waals surface area contributed by atoms with Gasteiger partial charge in [-0.25, -0.2) is 8.78 Å². The summed E-state index contributed by atoms with van der Waals surface area (Å²) in [4.78, 5) is 27.0. The van der Waals surface area contributed by atoms with Crippen LogP contribution in [0.2, 0.25) is 5.02 Å². The number of amides is 1. The first-order valence-electron chi connectivity index (χ1n) is 8.10. The highest BCUT2D eigenvalue weighted by atomic mass is 35.5. The van der Waals surface area contributed by atoms with Gasteiger partial charge in [-0.1, -0.05) is 29.0 Å². The molecule has 2 heterocycles. The Morgan fingerprint density at radius 3 is 2.48 bits per heavy atom. The molecule has 0 saturated heterocycles. The first-order valence-corrected chi connectivity index (χ1v) is 9.30. The van der Waals surface area contributed by atoms with Crippen LogP contribution in [-0.4, -0.2) is 10.5 Å². The first-order chi connectivity index (χ1) is 12.9. The molecule has 2 aromatic carbocycles. The Balaban J connectivity index is 1.94. The lowest BCUT2D eigenvalue weighted by atomic mass is 9.90. The van der Waals surface area contributed by atoms with Gasteiger partial charge < -0.3 is 0 Å². The second-order valence-electron chi connectivity index (χ2n) is 6.21. The van der Waals surface area contributed by atoms with Crippen LogP contribution >= 0.6 is 22.9 Å². The van der Waals surface area contributed by atoms with Crippen molar-refractivity contribution in [3.05, 3.63) is 79.2 Å². The molecule has 138 valence electrons. The van der Waals surface area contributed by atoms with E-state index in [1.54, 1.807) is 13.1 Å². The molecule has 27 heavy (non-hydrogen) atoms. The van der Waals surface area contributed by atoms with E-state index in [0.717, 1.165) is 11.3 Å². The lowest BCUT2D eigenvalue weighted by Gasteiger charge is -2.32. The van der Waals surface area contributed by atoms with Crippen molar-refractivity contribution in [2.24, 2.45) is 7.05 Å². The zero-order chi connectivity index (χ0) is 19.3. The van der Waals surface area contributed by atoms with Crippen LogP contribution < -0.4 is 9.77 Å². The number of carbonyl (C=O) groups excluding carboxylic acids is 1. The summed E-state index contributed by atoms with van der Waals surface area (Å²) in [5.41, 5.74) is 0.642. The first kappa shape index (κ1) is 17.9. The van der Waals surface area contributed by atoms with E-state index in [-0.39, 0.29) is 27.8 Å². The number of carbonyl (C=O) groups is 1. The van der Waals surface area contributed by atoms with E-state index in [0.29, 0.717) is 16.4 Å². The van der Waals surface area contributed by atoms with E-state index < -0.39 is 17.6 Å². The Bertz CT molecular complexity index is 1090. The number of nitrogens with zero attached hydrogens (tertiary/aromatic N) is 2. The minimum Gasteiger partial charge on any atom is -0.288 e. The van der Waals surface area contributed by atoms with Gasteiger partial charge in [-0.15, -0.1) is 0 Å². The van der Waals surface area contributed by atoms with Crippen molar-refractivity contribution in [2.45, 2.75) is 12.3 Å². The molecule has 0 N–H and O–H groups in total. The number of halogens is 3. The van der Waals surface area contributed by atoms with E-state index >= 15 is 0 Å². The highest BCUT2D eigenvalue weighted by Crippen LogP contribution is 2.46. The van der Waals surface area contributed by atoms with Crippen molar-refractivity contribution in [3.8, 4) is 0 Å². The molecule has 0 spiro atoms. The molecule has 4 rings (SSSR count). The van der Waals surface area contributed by atoms with Gasteiger partial charge in [0.05, 0.1) is 10.6 Å². The van der Waals surface area contributed by atoms with Crippen LogP contribution in [0.3, 0.4) is 0 Å². The number of aromatic nitrogens is 1. The SMILES string of the molecule is Cn1c2c(sc1=O)C(c1c(F)cccc1Cl)CC(=O)N2c1ccc(F)cc1. The molecule has 8 heteroatoms. The van der Waals surface area contributed by atoms with Crippen molar-refractivity contribution in [3.63, 3.8) is 0 Å². The summed E-state index contributed by atoms with van der Waals surface area (Å²) < 4.78 is 29.1. The molecule has 0 bridgehead atoms. The van der Waals surface area contributed by atoms with Gasteiger partial charge in [0.2, 0.25) is 5.91 Å². The molecule has 1 aromatic heterocycles. The van der Waals surface area contributed by atoms with Gasteiger partial charge in [-0.05, 0) is 36.4 Å². The molecule has 0 saturated carbocycles. The van der Waals surface area contributed by atoms with Gasteiger partial charge in [-0.3, -0.25) is 19.1 Å². The van der Waals surface area contributed by atoms with Crippen molar-refractivity contribution in [2.75, 3.05) is 4.90 Å². The van der Waals surface area contributed by atoms with E-state index in [4.69, 9.17) is 11.6 Å². The number of benzene rings is 2. The molecule has 1 unspecified atom stereocenters. The van der Waals surface area contributed by atoms with Gasteiger partial charge in [0.25, 0.3) is 0 Å². The van der Waals surface area contributed by atoms with Crippen molar-refractivity contribution in [1.82, 2.24) is 4.57 Å². The van der Waals surface area contributed by atoms with Crippen LogP contribution in [0.5, 0.6) is 0 Å². The summed E-state index contributed by atoms with van der Waals surface area (Å²) in [5, 5.41) is 0.206. The lowest BCUT2D eigenvalue weighted by molar-refractivity contribution is -0.118. The molecular weight excluding hydrogens is 394 g/mol. The topological polar surface area (TPSA) is 42.3 Å². The number of hydrogen-bond donors (Lipinski definition) is 0. The van der Waals surface area contributed by atoms with Crippen LogP contribution in [0.25, 0.3) is 0 Å². The number of anilines is 2. The molecule has 0 radical (unpaired) electrons. The highest BCUT2D eigenvalue weighted by molar-refractivity contribution is 7.10. The third-order valence-electron chi connectivity index (χ3n) is 4.60. The fourth-order valence-corrected chi connectivity index (χ4v) is 4.73. The minimum absolute atomic E-state index is 0.0506. The second kappa shape index (κ2) is 6.58. The Hall–Kier alpha value is -2.51. The zero-order valence-electron chi connectivity index (χ0n) is 14.1. The van der Waals surface area contributed by atoms with Crippen LogP contribution in [0.1, 0.15) is 22.8 Å².